The van der Waals surface area contributed by atoms with E-state index in [2.05, 4.69) is 17.3 Å². The van der Waals surface area contributed by atoms with Crippen molar-refractivity contribution >= 4 is 19.7 Å². The van der Waals surface area contributed by atoms with Crippen molar-refractivity contribution < 1.29 is 0 Å². The van der Waals surface area contributed by atoms with Crippen molar-refractivity contribution in [2.45, 2.75) is 24.9 Å². The molecular formula is C10H13NOSi. The lowest BCUT2D eigenvalue weighted by Gasteiger charge is -2.06. The molecule has 13 heavy (non-hydrogen) atoms. The quantitative estimate of drug-likeness (QED) is 0.521. The van der Waals surface area contributed by atoms with Gasteiger partial charge in [-0.3, -0.25) is 0 Å². The number of benzene rings is 1. The summed E-state index contributed by atoms with van der Waals surface area (Å²) in [5.74, 6) is 0. The van der Waals surface area contributed by atoms with Gasteiger partial charge in [0, 0.05) is 0 Å². The van der Waals surface area contributed by atoms with E-state index in [1.54, 1.807) is 0 Å². The molecular weight excluding hydrogens is 178 g/mol. The van der Waals surface area contributed by atoms with Gasteiger partial charge in [0.25, 0.3) is 0 Å². The van der Waals surface area contributed by atoms with Crippen LogP contribution in [0.4, 0.5) is 5.69 Å². The van der Waals surface area contributed by atoms with E-state index in [0.717, 1.165) is 0 Å². The maximum absolute atomic E-state index is 10.2. The first-order chi connectivity index (χ1) is 6.40. The van der Waals surface area contributed by atoms with E-state index in [1.807, 2.05) is 12.1 Å². The standard InChI is InChI=1S/C10H13NOSi/c12-11-9-3-5-10(6-4-9)13-7-1-2-8-13/h3-6,13H,1-2,7-8H2. The van der Waals surface area contributed by atoms with Crippen LogP contribution in [0.1, 0.15) is 12.8 Å². The zero-order valence-electron chi connectivity index (χ0n) is 7.57. The minimum Gasteiger partial charge on any atom is -0.145 e. The molecule has 0 atom stereocenters. The Bertz CT molecular complexity index is 290. The van der Waals surface area contributed by atoms with Crippen LogP contribution in [0.5, 0.6) is 0 Å². The molecule has 3 heteroatoms. The van der Waals surface area contributed by atoms with Crippen molar-refractivity contribution in [3.05, 3.63) is 29.2 Å². The topological polar surface area (TPSA) is 29.4 Å². The second-order valence-electron chi connectivity index (χ2n) is 3.66. The molecule has 0 saturated carbocycles. The summed E-state index contributed by atoms with van der Waals surface area (Å²) in [5, 5.41) is 4.41. The summed E-state index contributed by atoms with van der Waals surface area (Å²) < 4.78 is 0. The van der Waals surface area contributed by atoms with Crippen molar-refractivity contribution in [2.75, 3.05) is 0 Å². The highest BCUT2D eigenvalue weighted by Crippen LogP contribution is 2.19. The Balaban J connectivity index is 2.16. The van der Waals surface area contributed by atoms with Crippen LogP contribution in [-0.2, 0) is 0 Å². The molecule has 0 amide bonds. The Morgan fingerprint density at radius 1 is 1.08 bits per heavy atom. The van der Waals surface area contributed by atoms with Gasteiger partial charge in [-0.05, 0) is 17.3 Å². The van der Waals surface area contributed by atoms with E-state index in [0.29, 0.717) is 5.69 Å². The Hall–Kier alpha value is -0.963. The molecule has 1 aliphatic rings. The van der Waals surface area contributed by atoms with Crippen LogP contribution in [-0.4, -0.2) is 8.80 Å². The van der Waals surface area contributed by atoms with Gasteiger partial charge in [0.2, 0.25) is 0 Å². The number of nitrogens with zero attached hydrogens (tertiary/aromatic N) is 1. The molecule has 1 fully saturated rings. The van der Waals surface area contributed by atoms with Crippen LogP contribution in [0.25, 0.3) is 0 Å². The Labute approximate surface area is 79.6 Å². The highest BCUT2D eigenvalue weighted by atomic mass is 28.3. The molecule has 0 unspecified atom stereocenters. The average Bonchev–Trinajstić information content (AvgIpc) is 2.71. The second kappa shape index (κ2) is 3.83. The smallest absolute Gasteiger partial charge is 0.107 e. The van der Waals surface area contributed by atoms with Crippen LogP contribution >= 0.6 is 0 Å². The monoisotopic (exact) mass is 191 g/mol. The molecule has 1 aliphatic heterocycles. The molecule has 0 N–H and O–H groups in total. The van der Waals surface area contributed by atoms with Gasteiger partial charge in [-0.1, -0.05) is 42.2 Å². The second-order valence-corrected chi connectivity index (χ2v) is 6.88. The molecule has 1 heterocycles. The first-order valence-corrected chi connectivity index (χ1v) is 7.04. The van der Waals surface area contributed by atoms with E-state index < -0.39 is 8.80 Å². The maximum Gasteiger partial charge on any atom is 0.107 e. The maximum atomic E-state index is 10.2. The zero-order chi connectivity index (χ0) is 9.10. The summed E-state index contributed by atoms with van der Waals surface area (Å²) in [6, 6.07) is 10.8. The summed E-state index contributed by atoms with van der Waals surface area (Å²) in [7, 11) is -0.615. The van der Waals surface area contributed by atoms with Crippen LogP contribution < -0.4 is 5.19 Å². The number of hydrogen-bond acceptors (Lipinski definition) is 2. The van der Waals surface area contributed by atoms with Crippen molar-refractivity contribution in [2.24, 2.45) is 5.18 Å². The lowest BCUT2D eigenvalue weighted by atomic mass is 10.3. The fraction of sp³-hybridized carbons (Fsp3) is 0.400. The minimum absolute atomic E-state index is 0.552. The van der Waals surface area contributed by atoms with Gasteiger partial charge in [-0.15, -0.1) is 4.91 Å². The summed E-state index contributed by atoms with van der Waals surface area (Å²) >= 11 is 0. The third-order valence-electron chi connectivity index (χ3n) is 2.83. The predicted molar refractivity (Wildman–Crippen MR) is 57.5 cm³/mol. The first-order valence-electron chi connectivity index (χ1n) is 4.83. The van der Waals surface area contributed by atoms with Crippen LogP contribution in [0, 0.1) is 4.91 Å². The molecule has 0 aliphatic carbocycles. The van der Waals surface area contributed by atoms with Gasteiger partial charge < -0.3 is 0 Å². The molecule has 2 nitrogen and oxygen atoms in total. The number of rotatable bonds is 2. The fourth-order valence-electron chi connectivity index (χ4n) is 2.07. The third-order valence-corrected chi connectivity index (χ3v) is 6.36. The molecule has 68 valence electrons. The summed E-state index contributed by atoms with van der Waals surface area (Å²) in [6.07, 6.45) is 2.81. The highest BCUT2D eigenvalue weighted by Gasteiger charge is 2.18. The van der Waals surface area contributed by atoms with Gasteiger partial charge >= 0.3 is 0 Å². The molecule has 0 spiro atoms. The molecule has 0 bridgehead atoms. The molecule has 2 rings (SSSR count). The van der Waals surface area contributed by atoms with Crippen molar-refractivity contribution in [3.8, 4) is 0 Å². The van der Waals surface area contributed by atoms with Crippen LogP contribution in [0.15, 0.2) is 29.4 Å². The lowest BCUT2D eigenvalue weighted by Crippen LogP contribution is -2.25. The average molecular weight is 191 g/mol. The van der Waals surface area contributed by atoms with E-state index in [9.17, 15) is 4.91 Å². The zero-order valence-corrected chi connectivity index (χ0v) is 8.73. The molecule has 1 aromatic rings. The van der Waals surface area contributed by atoms with Gasteiger partial charge in [0.1, 0.15) is 5.69 Å². The highest BCUT2D eigenvalue weighted by molar-refractivity contribution is 6.73. The van der Waals surface area contributed by atoms with Crippen LogP contribution in [0.3, 0.4) is 0 Å². The Morgan fingerprint density at radius 3 is 2.23 bits per heavy atom. The van der Waals surface area contributed by atoms with E-state index in [-0.39, 0.29) is 0 Å². The summed E-state index contributed by atoms with van der Waals surface area (Å²) in [6.45, 7) is 0. The van der Waals surface area contributed by atoms with Crippen molar-refractivity contribution in [1.82, 2.24) is 0 Å². The fourth-order valence-corrected chi connectivity index (χ4v) is 5.32. The summed E-state index contributed by atoms with van der Waals surface area (Å²) in [5.41, 5.74) is 0.552. The summed E-state index contributed by atoms with van der Waals surface area (Å²) in [4.78, 5) is 10.2. The number of nitroso groups, excluding NO2 is 1. The first kappa shape index (κ1) is 8.63. The van der Waals surface area contributed by atoms with E-state index in [4.69, 9.17) is 0 Å². The van der Waals surface area contributed by atoms with E-state index in [1.165, 1.54) is 30.1 Å². The van der Waals surface area contributed by atoms with Crippen molar-refractivity contribution in [3.63, 3.8) is 0 Å². The van der Waals surface area contributed by atoms with E-state index >= 15 is 0 Å². The number of hydrogen-bond donors (Lipinski definition) is 0. The third kappa shape index (κ3) is 1.86. The Kier molecular flexibility index (Phi) is 2.54. The molecule has 0 radical (unpaired) electrons. The van der Waals surface area contributed by atoms with Gasteiger partial charge in [0.15, 0.2) is 0 Å². The Morgan fingerprint density at radius 2 is 1.69 bits per heavy atom. The van der Waals surface area contributed by atoms with Gasteiger partial charge in [-0.2, -0.15) is 0 Å². The molecule has 0 aromatic heterocycles. The molecule has 1 aromatic carbocycles. The van der Waals surface area contributed by atoms with Gasteiger partial charge in [-0.25, -0.2) is 0 Å². The van der Waals surface area contributed by atoms with Gasteiger partial charge in [0.05, 0.1) is 8.80 Å². The van der Waals surface area contributed by atoms with Crippen LogP contribution in [0.2, 0.25) is 12.1 Å². The SMILES string of the molecule is O=Nc1ccc([SiH]2CCCC2)cc1. The lowest BCUT2D eigenvalue weighted by molar-refractivity contribution is 0.935. The normalized spacial score (nSPS) is 17.5. The largest absolute Gasteiger partial charge is 0.145 e. The molecule has 1 saturated heterocycles. The predicted octanol–water partition coefficient (Wildman–Crippen LogP) is 2.31. The van der Waals surface area contributed by atoms with Crippen molar-refractivity contribution in [1.29, 1.82) is 0 Å². The minimum atomic E-state index is -0.615.